The molecule has 2 heterocycles. The highest BCUT2D eigenvalue weighted by molar-refractivity contribution is 14.0. The number of aliphatic imine (C=N–C) groups is 1. The maximum absolute atomic E-state index is 5.29. The van der Waals surface area contributed by atoms with Crippen molar-refractivity contribution in [2.24, 2.45) is 10.4 Å². The molecule has 0 saturated heterocycles. The van der Waals surface area contributed by atoms with Crippen LogP contribution in [0.15, 0.2) is 4.99 Å². The van der Waals surface area contributed by atoms with Crippen LogP contribution in [0.5, 0.6) is 0 Å². The molecule has 1 fully saturated rings. The molecule has 26 heavy (non-hydrogen) atoms. The highest BCUT2D eigenvalue weighted by Gasteiger charge is 2.36. The Morgan fingerprint density at radius 1 is 1.23 bits per heavy atom. The Bertz CT molecular complexity index is 584. The maximum Gasteiger partial charge on any atom is 0.191 e. The van der Waals surface area contributed by atoms with E-state index in [1.165, 1.54) is 32.1 Å². The van der Waals surface area contributed by atoms with Gasteiger partial charge < -0.3 is 19.9 Å². The molecule has 2 N–H and O–H groups in total. The molecule has 1 aliphatic carbocycles. The average molecular weight is 476 g/mol. The molecular weight excluding hydrogens is 443 g/mol. The zero-order chi connectivity index (χ0) is 17.5. The summed E-state index contributed by atoms with van der Waals surface area (Å²) in [6, 6.07) is 0. The average Bonchev–Trinajstić information content (AvgIpc) is 3.01. The van der Waals surface area contributed by atoms with Crippen molar-refractivity contribution in [3.05, 3.63) is 11.6 Å². The van der Waals surface area contributed by atoms with Crippen molar-refractivity contribution in [3.8, 4) is 0 Å². The second-order valence-corrected chi connectivity index (χ2v) is 7.29. The van der Waals surface area contributed by atoms with Gasteiger partial charge in [-0.2, -0.15) is 0 Å². The number of hydrogen-bond donors (Lipinski definition) is 2. The van der Waals surface area contributed by atoms with Crippen LogP contribution in [0.2, 0.25) is 0 Å². The van der Waals surface area contributed by atoms with Crippen LogP contribution >= 0.6 is 24.0 Å². The molecule has 0 bridgehead atoms. The Morgan fingerprint density at radius 3 is 2.77 bits per heavy atom. The highest BCUT2D eigenvalue weighted by Crippen LogP contribution is 2.43. The minimum absolute atomic E-state index is 0. The summed E-state index contributed by atoms with van der Waals surface area (Å²) in [5, 5.41) is 15.5. The van der Waals surface area contributed by atoms with E-state index in [2.05, 4.69) is 32.3 Å². The Morgan fingerprint density at radius 2 is 2.08 bits per heavy atom. The fourth-order valence-corrected chi connectivity index (χ4v) is 3.76. The second kappa shape index (κ2) is 10.4. The molecule has 0 unspecified atom stereocenters. The minimum Gasteiger partial charge on any atom is -0.385 e. The molecule has 7 nitrogen and oxygen atoms in total. The lowest BCUT2D eigenvalue weighted by Crippen LogP contribution is -2.47. The molecule has 1 aliphatic heterocycles. The first kappa shape index (κ1) is 21.4. The van der Waals surface area contributed by atoms with Gasteiger partial charge in [0.05, 0.1) is 0 Å². The lowest BCUT2D eigenvalue weighted by atomic mass is 9.67. The fraction of sp³-hybridized carbons (Fsp3) is 0.833. The summed E-state index contributed by atoms with van der Waals surface area (Å²) in [6.07, 6.45) is 8.47. The standard InChI is InChI=1S/C18H32N6O.HI/c1-3-19-17(21-14-18(8-6-9-18)10-12-25-2)20-13-16-23-22-15-7-4-5-11-24(15)16;/h3-14H2,1-2H3,(H2,19,20,21);1H. The van der Waals surface area contributed by atoms with E-state index in [1.54, 1.807) is 7.11 Å². The summed E-state index contributed by atoms with van der Waals surface area (Å²) in [6.45, 7) is 6.35. The van der Waals surface area contributed by atoms with E-state index >= 15 is 0 Å². The molecule has 0 aromatic carbocycles. The molecule has 148 valence electrons. The maximum atomic E-state index is 5.29. The smallest absolute Gasteiger partial charge is 0.191 e. The van der Waals surface area contributed by atoms with Crippen LogP contribution in [0.1, 0.15) is 57.1 Å². The summed E-state index contributed by atoms with van der Waals surface area (Å²) < 4.78 is 7.52. The van der Waals surface area contributed by atoms with Gasteiger partial charge in [0.2, 0.25) is 0 Å². The van der Waals surface area contributed by atoms with Crippen molar-refractivity contribution in [2.45, 2.75) is 65.0 Å². The van der Waals surface area contributed by atoms with Crippen LogP contribution in [0.4, 0.5) is 0 Å². The Kier molecular flexibility index (Phi) is 8.59. The normalized spacial score (nSPS) is 18.5. The van der Waals surface area contributed by atoms with Crippen molar-refractivity contribution >= 4 is 29.9 Å². The summed E-state index contributed by atoms with van der Waals surface area (Å²) in [4.78, 5) is 4.75. The van der Waals surface area contributed by atoms with Gasteiger partial charge in [-0.25, -0.2) is 4.99 Å². The molecule has 0 amide bonds. The lowest BCUT2D eigenvalue weighted by molar-refractivity contribution is 0.0732. The van der Waals surface area contributed by atoms with E-state index in [9.17, 15) is 0 Å². The van der Waals surface area contributed by atoms with Gasteiger partial charge in [0.25, 0.3) is 0 Å². The summed E-state index contributed by atoms with van der Waals surface area (Å²) in [7, 11) is 1.78. The Balaban J connectivity index is 0.00000243. The van der Waals surface area contributed by atoms with Gasteiger partial charge >= 0.3 is 0 Å². The fourth-order valence-electron chi connectivity index (χ4n) is 3.76. The summed E-state index contributed by atoms with van der Waals surface area (Å²) in [5.41, 5.74) is 0.375. The third-order valence-electron chi connectivity index (χ3n) is 5.54. The number of hydrogen-bond acceptors (Lipinski definition) is 4. The molecular formula is C18H33IN6O. The van der Waals surface area contributed by atoms with Crippen LogP contribution in [-0.4, -0.2) is 47.5 Å². The third kappa shape index (κ3) is 5.31. The summed E-state index contributed by atoms with van der Waals surface area (Å²) >= 11 is 0. The number of halogens is 1. The SMILES string of the molecule is CCNC(=NCc1nnc2n1CCCC2)NCC1(CCOC)CCC1.I. The first-order chi connectivity index (χ1) is 12.3. The minimum atomic E-state index is 0. The van der Waals surface area contributed by atoms with Gasteiger partial charge in [-0.3, -0.25) is 0 Å². The lowest BCUT2D eigenvalue weighted by Gasteiger charge is -2.42. The highest BCUT2D eigenvalue weighted by atomic mass is 127. The number of ether oxygens (including phenoxy) is 1. The van der Waals surface area contributed by atoms with Crippen molar-refractivity contribution in [3.63, 3.8) is 0 Å². The molecule has 1 saturated carbocycles. The van der Waals surface area contributed by atoms with E-state index in [1.807, 2.05) is 0 Å². The van der Waals surface area contributed by atoms with Crippen molar-refractivity contribution < 1.29 is 4.74 Å². The first-order valence-electron chi connectivity index (χ1n) is 9.68. The van der Waals surface area contributed by atoms with Crippen LogP contribution < -0.4 is 10.6 Å². The van der Waals surface area contributed by atoms with Crippen LogP contribution in [-0.2, 0) is 24.2 Å². The number of guanidine groups is 1. The van der Waals surface area contributed by atoms with Gasteiger partial charge in [0.15, 0.2) is 11.8 Å². The molecule has 1 aromatic rings. The van der Waals surface area contributed by atoms with E-state index in [0.717, 1.165) is 56.7 Å². The van der Waals surface area contributed by atoms with E-state index < -0.39 is 0 Å². The largest absolute Gasteiger partial charge is 0.385 e. The van der Waals surface area contributed by atoms with Gasteiger partial charge in [-0.1, -0.05) is 6.42 Å². The third-order valence-corrected chi connectivity index (χ3v) is 5.54. The van der Waals surface area contributed by atoms with Gasteiger partial charge in [0.1, 0.15) is 12.4 Å². The van der Waals surface area contributed by atoms with E-state index in [0.29, 0.717) is 12.0 Å². The molecule has 0 spiro atoms. The molecule has 0 atom stereocenters. The number of nitrogens with one attached hydrogen (secondary N) is 2. The van der Waals surface area contributed by atoms with Crippen LogP contribution in [0.25, 0.3) is 0 Å². The Hall–Kier alpha value is -0.900. The molecule has 8 heteroatoms. The number of methoxy groups -OCH3 is 1. The van der Waals surface area contributed by atoms with E-state index in [4.69, 9.17) is 9.73 Å². The summed E-state index contributed by atoms with van der Waals surface area (Å²) in [5.74, 6) is 2.96. The predicted molar refractivity (Wildman–Crippen MR) is 114 cm³/mol. The van der Waals surface area contributed by atoms with Gasteiger partial charge in [0, 0.05) is 39.8 Å². The van der Waals surface area contributed by atoms with Crippen LogP contribution in [0, 0.1) is 5.41 Å². The van der Waals surface area contributed by atoms with Crippen molar-refractivity contribution in [1.82, 2.24) is 25.4 Å². The van der Waals surface area contributed by atoms with Crippen molar-refractivity contribution in [2.75, 3.05) is 26.8 Å². The first-order valence-corrected chi connectivity index (χ1v) is 9.68. The molecule has 1 aromatic heterocycles. The number of fused-ring (bicyclic) bond motifs is 1. The van der Waals surface area contributed by atoms with Crippen molar-refractivity contribution in [1.29, 1.82) is 0 Å². The second-order valence-electron chi connectivity index (χ2n) is 7.29. The number of rotatable bonds is 8. The van der Waals surface area contributed by atoms with Gasteiger partial charge in [-0.05, 0) is 44.4 Å². The topological polar surface area (TPSA) is 76.4 Å². The predicted octanol–water partition coefficient (Wildman–Crippen LogP) is 2.49. The molecule has 3 rings (SSSR count). The zero-order valence-electron chi connectivity index (χ0n) is 16.1. The Labute approximate surface area is 173 Å². The van der Waals surface area contributed by atoms with Crippen LogP contribution in [0.3, 0.4) is 0 Å². The molecule has 0 radical (unpaired) electrons. The monoisotopic (exact) mass is 476 g/mol. The van der Waals surface area contributed by atoms with Gasteiger partial charge in [-0.15, -0.1) is 34.2 Å². The zero-order valence-corrected chi connectivity index (χ0v) is 18.4. The van der Waals surface area contributed by atoms with E-state index in [-0.39, 0.29) is 24.0 Å². The molecule has 2 aliphatic rings. The number of aromatic nitrogens is 3. The quantitative estimate of drug-likeness (QED) is 0.343. The number of aryl methyl sites for hydroxylation is 1. The number of nitrogens with zero attached hydrogens (tertiary/aromatic N) is 4.